The van der Waals surface area contributed by atoms with E-state index in [1.165, 1.54) is 15.9 Å². The highest BCUT2D eigenvalue weighted by Gasteiger charge is 2.20. The minimum absolute atomic E-state index is 0.0274. The molecule has 0 radical (unpaired) electrons. The quantitative estimate of drug-likeness (QED) is 0.470. The maximum atomic E-state index is 12.7. The summed E-state index contributed by atoms with van der Waals surface area (Å²) in [4.78, 5) is 15.5. The number of fused-ring (bicyclic) bond motifs is 1. The van der Waals surface area contributed by atoms with E-state index < -0.39 is 5.56 Å². The van der Waals surface area contributed by atoms with Crippen molar-refractivity contribution in [3.05, 3.63) is 51.8 Å². The van der Waals surface area contributed by atoms with Crippen LogP contribution >= 0.6 is 11.3 Å². The number of nitrogens with one attached hydrogen (secondary N) is 1. The molecule has 30 heavy (non-hydrogen) atoms. The summed E-state index contributed by atoms with van der Waals surface area (Å²) >= 11 is 1.33. The average molecular weight is 424 g/mol. The second-order valence-electron chi connectivity index (χ2n) is 7.57. The number of hydrogen-bond donors (Lipinski definition) is 1. The van der Waals surface area contributed by atoms with Crippen LogP contribution in [-0.4, -0.2) is 31.4 Å². The minimum Gasteiger partial charge on any atom is -0.476 e. The van der Waals surface area contributed by atoms with E-state index >= 15 is 0 Å². The van der Waals surface area contributed by atoms with Crippen molar-refractivity contribution < 1.29 is 4.74 Å². The first kappa shape index (κ1) is 19.9. The maximum Gasteiger partial charge on any atom is 0.283 e. The van der Waals surface area contributed by atoms with Crippen molar-refractivity contribution in [1.29, 1.82) is 0 Å². The molecule has 3 heterocycles. The molecule has 3 aromatic heterocycles. The van der Waals surface area contributed by atoms with Crippen LogP contribution in [0.3, 0.4) is 0 Å². The molecular formula is C20H21N7O2S. The fourth-order valence-corrected chi connectivity index (χ4v) is 3.48. The average Bonchev–Trinajstić information content (AvgIpc) is 3.35. The van der Waals surface area contributed by atoms with Gasteiger partial charge < -0.3 is 9.72 Å². The van der Waals surface area contributed by atoms with Crippen LogP contribution < -0.4 is 10.3 Å². The lowest BCUT2D eigenvalue weighted by molar-refractivity contribution is 0.318. The molecule has 0 unspecified atom stereocenters. The highest BCUT2D eigenvalue weighted by atomic mass is 32.1. The molecule has 1 N–H and O–H groups in total. The minimum atomic E-state index is -0.422. The molecule has 0 aliphatic rings. The fraction of sp³-hybridized carbons (Fsp3) is 0.300. The lowest BCUT2D eigenvalue weighted by Gasteiger charge is -2.11. The molecule has 154 valence electrons. The Morgan fingerprint density at radius 1 is 1.17 bits per heavy atom. The molecule has 0 amide bonds. The van der Waals surface area contributed by atoms with Crippen molar-refractivity contribution in [1.82, 2.24) is 24.8 Å². The first-order chi connectivity index (χ1) is 14.4. The largest absolute Gasteiger partial charge is 0.476 e. The Hall–Kier alpha value is -3.40. The van der Waals surface area contributed by atoms with Crippen LogP contribution in [0.15, 0.2) is 51.4 Å². The summed E-state index contributed by atoms with van der Waals surface area (Å²) in [5.74, 6) is 0.225. The summed E-state index contributed by atoms with van der Waals surface area (Å²) in [7, 11) is 0. The third-order valence-corrected chi connectivity index (χ3v) is 5.44. The predicted octanol–water partition coefficient (Wildman–Crippen LogP) is 4.65. The van der Waals surface area contributed by atoms with E-state index in [4.69, 9.17) is 4.74 Å². The molecule has 0 spiro atoms. The van der Waals surface area contributed by atoms with Crippen LogP contribution in [0.5, 0.6) is 5.88 Å². The van der Waals surface area contributed by atoms with Crippen LogP contribution in [0.2, 0.25) is 0 Å². The SMILES string of the molecule is CCOc1c(/N=N/c2nnc(C(C)(C)C)s2)c(=O)[nH]c2cc(-c3ccccc3)nn12. The van der Waals surface area contributed by atoms with Crippen molar-refractivity contribution >= 4 is 27.8 Å². The van der Waals surface area contributed by atoms with Gasteiger partial charge in [-0.2, -0.15) is 9.61 Å². The molecule has 0 atom stereocenters. The topological polar surface area (TPSA) is 110 Å². The van der Waals surface area contributed by atoms with Crippen LogP contribution in [-0.2, 0) is 5.41 Å². The van der Waals surface area contributed by atoms with Gasteiger partial charge in [-0.05, 0) is 6.92 Å². The van der Waals surface area contributed by atoms with Crippen LogP contribution in [0.4, 0.5) is 10.8 Å². The van der Waals surface area contributed by atoms with Crippen molar-refractivity contribution in [2.24, 2.45) is 10.2 Å². The number of rotatable bonds is 5. The number of nitrogens with zero attached hydrogens (tertiary/aromatic N) is 6. The Morgan fingerprint density at radius 3 is 2.60 bits per heavy atom. The second kappa shape index (κ2) is 7.79. The Balaban J connectivity index is 1.79. The standard InChI is InChI=1S/C20H21N7O2S/c1-5-29-17-15(22-24-19-25-23-18(30-19)20(2,3)4)16(28)21-14-11-13(26-27(14)17)12-9-7-6-8-10-12/h6-11H,5H2,1-4H3,(H,21,28)/b24-22+. The number of azo groups is 1. The zero-order chi connectivity index (χ0) is 21.3. The number of hydrogen-bond acceptors (Lipinski definition) is 8. The van der Waals surface area contributed by atoms with E-state index in [1.807, 2.05) is 58.0 Å². The van der Waals surface area contributed by atoms with E-state index in [0.717, 1.165) is 10.6 Å². The molecule has 0 saturated heterocycles. The Bertz CT molecular complexity index is 1270. The predicted molar refractivity (Wildman–Crippen MR) is 115 cm³/mol. The van der Waals surface area contributed by atoms with Gasteiger partial charge in [0.1, 0.15) is 10.7 Å². The number of aromatic amines is 1. The second-order valence-corrected chi connectivity index (χ2v) is 8.53. The summed E-state index contributed by atoms with van der Waals surface area (Å²) in [6, 6.07) is 11.5. The van der Waals surface area contributed by atoms with Gasteiger partial charge in [0.2, 0.25) is 5.69 Å². The van der Waals surface area contributed by atoms with Crippen LogP contribution in [0.1, 0.15) is 32.7 Å². The van der Waals surface area contributed by atoms with Gasteiger partial charge >= 0.3 is 0 Å². The first-order valence-corrected chi connectivity index (χ1v) is 10.3. The molecule has 0 saturated carbocycles. The maximum absolute atomic E-state index is 12.7. The van der Waals surface area contributed by atoms with Crippen molar-refractivity contribution in [2.45, 2.75) is 33.1 Å². The molecule has 0 fully saturated rings. The Kier molecular flexibility index (Phi) is 5.17. The summed E-state index contributed by atoms with van der Waals surface area (Å²) in [6.45, 7) is 8.30. The summed E-state index contributed by atoms with van der Waals surface area (Å²) in [5, 5.41) is 22.2. The van der Waals surface area contributed by atoms with E-state index in [-0.39, 0.29) is 17.0 Å². The Morgan fingerprint density at radius 2 is 1.93 bits per heavy atom. The number of H-pyrrole nitrogens is 1. The number of benzene rings is 1. The molecule has 0 aliphatic heterocycles. The Labute approximate surface area is 176 Å². The summed E-state index contributed by atoms with van der Waals surface area (Å²) in [5.41, 5.74) is 1.61. The summed E-state index contributed by atoms with van der Waals surface area (Å²) in [6.07, 6.45) is 0. The highest BCUT2D eigenvalue weighted by Crippen LogP contribution is 2.32. The van der Waals surface area contributed by atoms with Gasteiger partial charge in [-0.3, -0.25) is 4.79 Å². The normalized spacial score (nSPS) is 12.1. The van der Waals surface area contributed by atoms with Crippen LogP contribution in [0.25, 0.3) is 16.9 Å². The van der Waals surface area contributed by atoms with Gasteiger partial charge in [0.15, 0.2) is 0 Å². The zero-order valence-corrected chi connectivity index (χ0v) is 17.9. The molecule has 9 nitrogen and oxygen atoms in total. The van der Waals surface area contributed by atoms with Crippen molar-refractivity contribution in [3.63, 3.8) is 0 Å². The van der Waals surface area contributed by atoms with E-state index in [1.54, 1.807) is 6.07 Å². The van der Waals surface area contributed by atoms with Gasteiger partial charge in [-0.25, -0.2) is 0 Å². The van der Waals surface area contributed by atoms with Gasteiger partial charge in [0.05, 0.1) is 12.3 Å². The first-order valence-electron chi connectivity index (χ1n) is 9.47. The molecule has 4 rings (SSSR count). The smallest absolute Gasteiger partial charge is 0.283 e. The van der Waals surface area contributed by atoms with Crippen LogP contribution in [0, 0.1) is 0 Å². The van der Waals surface area contributed by atoms with Gasteiger partial charge in [0.25, 0.3) is 16.6 Å². The highest BCUT2D eigenvalue weighted by molar-refractivity contribution is 7.15. The zero-order valence-electron chi connectivity index (χ0n) is 17.1. The van der Waals surface area contributed by atoms with E-state index in [2.05, 4.69) is 30.5 Å². The van der Waals surface area contributed by atoms with Crippen molar-refractivity contribution in [2.75, 3.05) is 6.61 Å². The molecule has 4 aromatic rings. The van der Waals surface area contributed by atoms with Gasteiger partial charge in [-0.15, -0.1) is 20.4 Å². The van der Waals surface area contributed by atoms with Crippen molar-refractivity contribution in [3.8, 4) is 17.1 Å². The molecular weight excluding hydrogens is 402 g/mol. The fourth-order valence-electron chi connectivity index (χ4n) is 2.75. The lowest BCUT2D eigenvalue weighted by Crippen LogP contribution is -2.12. The van der Waals surface area contributed by atoms with E-state index in [9.17, 15) is 4.79 Å². The number of aromatic nitrogens is 5. The third kappa shape index (κ3) is 3.86. The van der Waals surface area contributed by atoms with Gasteiger partial charge in [-0.1, -0.05) is 62.4 Å². The molecule has 10 heteroatoms. The molecule has 0 bridgehead atoms. The number of ether oxygens (including phenoxy) is 1. The summed E-state index contributed by atoms with van der Waals surface area (Å²) < 4.78 is 7.25. The van der Waals surface area contributed by atoms with E-state index in [0.29, 0.717) is 23.1 Å². The monoisotopic (exact) mass is 423 g/mol. The molecule has 0 aliphatic carbocycles. The van der Waals surface area contributed by atoms with Gasteiger partial charge in [0, 0.05) is 17.0 Å². The molecule has 1 aromatic carbocycles. The third-order valence-electron chi connectivity index (χ3n) is 4.20. The lowest BCUT2D eigenvalue weighted by atomic mass is 9.98.